The van der Waals surface area contributed by atoms with E-state index in [2.05, 4.69) is 10.0 Å². The Morgan fingerprint density at radius 2 is 2.00 bits per heavy atom. The Labute approximate surface area is 155 Å². The molecular formula is C16H20FN3O6S. The molecule has 27 heavy (non-hydrogen) atoms. The molecule has 1 saturated heterocycles. The molecule has 0 unspecified atom stereocenters. The fourth-order valence-electron chi connectivity index (χ4n) is 2.34. The van der Waals surface area contributed by atoms with Crippen molar-refractivity contribution in [2.24, 2.45) is 0 Å². The van der Waals surface area contributed by atoms with Crippen LogP contribution in [-0.4, -0.2) is 57.0 Å². The largest absolute Gasteiger partial charge is 0.453 e. The highest BCUT2D eigenvalue weighted by molar-refractivity contribution is 7.89. The first-order valence-corrected chi connectivity index (χ1v) is 9.73. The molecule has 0 saturated carbocycles. The van der Waals surface area contributed by atoms with E-state index in [-0.39, 0.29) is 30.8 Å². The average molecular weight is 401 g/mol. The van der Waals surface area contributed by atoms with Crippen molar-refractivity contribution < 1.29 is 31.9 Å². The smallest absolute Gasteiger partial charge is 0.324 e. The lowest BCUT2D eigenvalue weighted by molar-refractivity contribution is -0.157. The summed E-state index contributed by atoms with van der Waals surface area (Å²) in [6, 6.07) is 3.80. The zero-order valence-electron chi connectivity index (χ0n) is 14.6. The number of hydrogen-bond donors (Lipinski definition) is 2. The number of benzene rings is 1. The molecule has 2 N–H and O–H groups in total. The summed E-state index contributed by atoms with van der Waals surface area (Å²) in [6.45, 7) is 1.89. The molecule has 3 amide bonds. The number of nitrogens with zero attached hydrogens (tertiary/aromatic N) is 1. The Morgan fingerprint density at radius 3 is 2.59 bits per heavy atom. The Balaban J connectivity index is 1.73. The molecule has 148 valence electrons. The number of amides is 3. The van der Waals surface area contributed by atoms with Crippen molar-refractivity contribution >= 4 is 27.9 Å². The average Bonchev–Trinajstić information content (AvgIpc) is 3.04. The lowest BCUT2D eigenvalue weighted by Gasteiger charge is -2.18. The molecule has 1 aliphatic heterocycles. The Bertz CT molecular complexity index is 812. The number of urea groups is 1. The molecule has 0 aliphatic carbocycles. The maximum absolute atomic E-state index is 12.8. The summed E-state index contributed by atoms with van der Waals surface area (Å²) in [5.74, 6) is -1.85. The quantitative estimate of drug-likeness (QED) is 0.479. The molecule has 2 rings (SSSR count). The van der Waals surface area contributed by atoms with Gasteiger partial charge in [-0.2, -0.15) is 0 Å². The third-order valence-electron chi connectivity index (χ3n) is 3.75. The van der Waals surface area contributed by atoms with E-state index >= 15 is 0 Å². The van der Waals surface area contributed by atoms with Crippen molar-refractivity contribution in [3.05, 3.63) is 30.1 Å². The molecule has 9 nitrogen and oxygen atoms in total. The number of sulfonamides is 1. The molecule has 11 heteroatoms. The van der Waals surface area contributed by atoms with Gasteiger partial charge in [-0.25, -0.2) is 22.3 Å². The van der Waals surface area contributed by atoms with Crippen molar-refractivity contribution in [1.82, 2.24) is 14.9 Å². The Morgan fingerprint density at radius 1 is 1.33 bits per heavy atom. The van der Waals surface area contributed by atoms with Crippen molar-refractivity contribution in [2.45, 2.75) is 30.8 Å². The maximum atomic E-state index is 12.8. The summed E-state index contributed by atoms with van der Waals surface area (Å²) < 4.78 is 44.1. The van der Waals surface area contributed by atoms with E-state index in [0.29, 0.717) is 6.54 Å². The van der Waals surface area contributed by atoms with E-state index in [1.807, 2.05) is 0 Å². The summed E-state index contributed by atoms with van der Waals surface area (Å²) in [6.07, 6.45) is -1.09. The number of hydrogen-bond acceptors (Lipinski definition) is 6. The fraction of sp³-hybridized carbons (Fsp3) is 0.438. The van der Waals surface area contributed by atoms with E-state index in [1.54, 1.807) is 0 Å². The summed E-state index contributed by atoms with van der Waals surface area (Å²) in [4.78, 5) is 36.1. The van der Waals surface area contributed by atoms with Gasteiger partial charge < -0.3 is 10.1 Å². The van der Waals surface area contributed by atoms with E-state index in [1.165, 1.54) is 6.92 Å². The highest BCUT2D eigenvalue weighted by Crippen LogP contribution is 2.10. The molecule has 0 aromatic heterocycles. The minimum absolute atomic E-state index is 0.0360. The second-order valence-corrected chi connectivity index (χ2v) is 7.58. The summed E-state index contributed by atoms with van der Waals surface area (Å²) in [5, 5.41) is 2.47. The van der Waals surface area contributed by atoms with Gasteiger partial charge in [0, 0.05) is 26.1 Å². The van der Waals surface area contributed by atoms with E-state index < -0.39 is 39.9 Å². The second-order valence-electron chi connectivity index (χ2n) is 5.81. The van der Waals surface area contributed by atoms with Crippen LogP contribution < -0.4 is 10.0 Å². The number of imide groups is 1. The molecule has 1 aromatic carbocycles. The topological polar surface area (TPSA) is 122 Å². The zero-order chi connectivity index (χ0) is 20.0. The molecule has 1 fully saturated rings. The summed E-state index contributed by atoms with van der Waals surface area (Å²) >= 11 is 0. The van der Waals surface area contributed by atoms with Gasteiger partial charge in [0.25, 0.3) is 5.91 Å². The highest BCUT2D eigenvalue weighted by atomic mass is 32.2. The maximum Gasteiger partial charge on any atom is 0.324 e. The number of esters is 1. The minimum Gasteiger partial charge on any atom is -0.453 e. The number of halogens is 1. The van der Waals surface area contributed by atoms with Crippen LogP contribution in [0.5, 0.6) is 0 Å². The zero-order valence-corrected chi connectivity index (χ0v) is 15.4. The predicted molar refractivity (Wildman–Crippen MR) is 91.5 cm³/mol. The molecule has 0 radical (unpaired) electrons. The van der Waals surface area contributed by atoms with Crippen molar-refractivity contribution in [3.8, 4) is 0 Å². The van der Waals surface area contributed by atoms with Crippen molar-refractivity contribution in [3.63, 3.8) is 0 Å². The number of nitrogens with one attached hydrogen (secondary N) is 2. The van der Waals surface area contributed by atoms with Crippen LogP contribution in [-0.2, 0) is 24.3 Å². The van der Waals surface area contributed by atoms with Gasteiger partial charge in [-0.05, 0) is 37.6 Å². The molecular weight excluding hydrogens is 381 g/mol. The molecule has 1 atom stereocenters. The van der Waals surface area contributed by atoms with Crippen LogP contribution in [0.4, 0.5) is 9.18 Å². The van der Waals surface area contributed by atoms with Crippen molar-refractivity contribution in [2.75, 3.05) is 19.6 Å². The first kappa shape index (κ1) is 20.8. The number of ether oxygens (including phenoxy) is 1. The van der Waals surface area contributed by atoms with Gasteiger partial charge in [-0.3, -0.25) is 14.5 Å². The van der Waals surface area contributed by atoms with Gasteiger partial charge in [0.1, 0.15) is 5.82 Å². The van der Waals surface area contributed by atoms with Crippen LogP contribution in [0.3, 0.4) is 0 Å². The van der Waals surface area contributed by atoms with Crippen LogP contribution in [0.1, 0.15) is 19.8 Å². The van der Waals surface area contributed by atoms with Crippen molar-refractivity contribution in [1.29, 1.82) is 0 Å². The molecule has 0 bridgehead atoms. The normalized spacial score (nSPS) is 15.3. The predicted octanol–water partition coefficient (Wildman–Crippen LogP) is 0.368. The van der Waals surface area contributed by atoms with Crippen LogP contribution in [0.15, 0.2) is 29.2 Å². The fourth-order valence-corrected chi connectivity index (χ4v) is 3.42. The second kappa shape index (κ2) is 8.91. The number of carbonyl (C=O) groups is 3. The van der Waals surface area contributed by atoms with Gasteiger partial charge in [0.2, 0.25) is 10.0 Å². The monoisotopic (exact) mass is 401 g/mol. The van der Waals surface area contributed by atoms with Gasteiger partial charge in [-0.1, -0.05) is 0 Å². The van der Waals surface area contributed by atoms with E-state index in [0.717, 1.165) is 29.2 Å². The SMILES string of the molecule is C[C@@H](OC(=O)CCCNS(=O)(=O)c1ccc(F)cc1)C(=O)N1CCNC1=O. The summed E-state index contributed by atoms with van der Waals surface area (Å²) in [7, 11) is -3.80. The van der Waals surface area contributed by atoms with Gasteiger partial charge >= 0.3 is 12.0 Å². The Kier molecular flexibility index (Phi) is 6.86. The number of rotatable bonds is 8. The van der Waals surface area contributed by atoms with E-state index in [9.17, 15) is 27.2 Å². The minimum atomic E-state index is -3.80. The lowest BCUT2D eigenvalue weighted by Crippen LogP contribution is -2.41. The van der Waals surface area contributed by atoms with Crippen LogP contribution in [0.2, 0.25) is 0 Å². The highest BCUT2D eigenvalue weighted by Gasteiger charge is 2.31. The molecule has 0 spiro atoms. The van der Waals surface area contributed by atoms with Gasteiger partial charge in [0.05, 0.1) is 4.90 Å². The first-order chi connectivity index (χ1) is 12.7. The van der Waals surface area contributed by atoms with Gasteiger partial charge in [0.15, 0.2) is 6.10 Å². The van der Waals surface area contributed by atoms with Crippen LogP contribution in [0.25, 0.3) is 0 Å². The van der Waals surface area contributed by atoms with Crippen LogP contribution in [0, 0.1) is 5.82 Å². The molecule has 1 aliphatic rings. The Hall–Kier alpha value is -2.53. The van der Waals surface area contributed by atoms with E-state index in [4.69, 9.17) is 4.74 Å². The third-order valence-corrected chi connectivity index (χ3v) is 5.23. The van der Waals surface area contributed by atoms with Gasteiger partial charge in [-0.15, -0.1) is 0 Å². The van der Waals surface area contributed by atoms with Crippen LogP contribution >= 0.6 is 0 Å². The molecule has 1 aromatic rings. The number of carbonyl (C=O) groups excluding carboxylic acids is 3. The first-order valence-electron chi connectivity index (χ1n) is 8.24. The standard InChI is InChI=1S/C16H20FN3O6S/c1-11(15(22)20-10-9-18-16(20)23)26-14(21)3-2-8-19-27(24,25)13-6-4-12(17)5-7-13/h4-7,11,19H,2-3,8-10H2,1H3,(H,18,23)/t11-/m1/s1. The lowest BCUT2D eigenvalue weighted by atomic mass is 10.3. The summed E-state index contributed by atoms with van der Waals surface area (Å²) in [5.41, 5.74) is 0. The molecule has 1 heterocycles. The third kappa shape index (κ3) is 5.73.